The van der Waals surface area contributed by atoms with Crippen molar-refractivity contribution in [3.8, 4) is 0 Å². The Kier molecular flexibility index (Phi) is 10.8. The largest absolute Gasteiger partial charge is 0.461 e. The van der Waals surface area contributed by atoms with Gasteiger partial charge in [-0.05, 0) is 44.4 Å². The van der Waals surface area contributed by atoms with E-state index in [1.807, 2.05) is 12.1 Å². The van der Waals surface area contributed by atoms with Crippen LogP contribution in [0.2, 0.25) is 0 Å². The average molecular weight is 639 g/mol. The maximum absolute atomic E-state index is 13.7. The summed E-state index contributed by atoms with van der Waals surface area (Å²) in [5, 5.41) is 14.8. The normalized spacial score (nSPS) is 17.5. The number of nitro groups is 1. The van der Waals surface area contributed by atoms with Crippen molar-refractivity contribution in [3.05, 3.63) is 134 Å². The zero-order chi connectivity index (χ0) is 33.5. The standard InChI is InChI=1S/C37H42N4O6/c1-25(2)47-37(43)33-27(4)38-26(3)32(34(33)30-16-11-17-31(24-30)41(44)45)36(42)46-23-22-39-18-20-40(21-19-39)35(28-12-7-5-8-13-28)29-14-9-6-10-15-29/h5-17,24-25,34-35,38H,18-23H2,1-4H3. The van der Waals surface area contributed by atoms with Gasteiger partial charge in [0.2, 0.25) is 0 Å². The van der Waals surface area contributed by atoms with Crippen LogP contribution in [-0.4, -0.2) is 72.1 Å². The summed E-state index contributed by atoms with van der Waals surface area (Å²) in [6.45, 7) is 11.0. The summed E-state index contributed by atoms with van der Waals surface area (Å²) in [4.78, 5) is 43.0. The third kappa shape index (κ3) is 7.96. The number of hydrogen-bond donors (Lipinski definition) is 1. The number of dihydropyridines is 1. The van der Waals surface area contributed by atoms with Crippen LogP contribution >= 0.6 is 0 Å². The number of nitrogens with zero attached hydrogens (tertiary/aromatic N) is 3. The van der Waals surface area contributed by atoms with E-state index < -0.39 is 28.9 Å². The highest BCUT2D eigenvalue weighted by molar-refractivity contribution is 6.00. The van der Waals surface area contributed by atoms with Gasteiger partial charge in [-0.25, -0.2) is 9.59 Å². The van der Waals surface area contributed by atoms with Crippen LogP contribution in [0.1, 0.15) is 56.3 Å². The Hall–Kier alpha value is -4.80. The average Bonchev–Trinajstić information content (AvgIpc) is 3.06. The van der Waals surface area contributed by atoms with Gasteiger partial charge in [-0.15, -0.1) is 0 Å². The number of nitrogens with one attached hydrogen (secondary N) is 1. The summed E-state index contributed by atoms with van der Waals surface area (Å²) in [5.74, 6) is -2.08. The quantitative estimate of drug-likeness (QED) is 0.160. The fraction of sp³-hybridized carbons (Fsp3) is 0.351. The van der Waals surface area contributed by atoms with E-state index in [1.165, 1.54) is 23.3 Å². The first-order valence-electron chi connectivity index (χ1n) is 16.0. The van der Waals surface area contributed by atoms with Crippen LogP contribution in [0.4, 0.5) is 5.69 Å². The number of allylic oxidation sites excluding steroid dienone is 2. The van der Waals surface area contributed by atoms with Gasteiger partial charge in [-0.2, -0.15) is 0 Å². The van der Waals surface area contributed by atoms with Crippen molar-refractivity contribution in [2.24, 2.45) is 0 Å². The number of carbonyl (C=O) groups is 2. The molecule has 1 unspecified atom stereocenters. The number of piperazine rings is 1. The van der Waals surface area contributed by atoms with Crippen molar-refractivity contribution in [1.82, 2.24) is 15.1 Å². The highest BCUT2D eigenvalue weighted by Crippen LogP contribution is 2.40. The van der Waals surface area contributed by atoms with Gasteiger partial charge in [0.05, 0.1) is 34.1 Å². The Balaban J connectivity index is 1.27. The number of rotatable bonds is 11. The lowest BCUT2D eigenvalue weighted by molar-refractivity contribution is -0.384. The molecule has 2 heterocycles. The number of carbonyl (C=O) groups excluding carboxylic acids is 2. The Morgan fingerprint density at radius 1 is 0.851 bits per heavy atom. The minimum absolute atomic E-state index is 0.137. The SMILES string of the molecule is CC1=C(C(=O)OCCN2CCN(C(c3ccccc3)c3ccccc3)CC2)C(c2cccc([N+](=O)[O-])c2)C(C(=O)OC(C)C)=C(C)N1. The Morgan fingerprint density at radius 3 is 1.98 bits per heavy atom. The molecule has 0 aliphatic carbocycles. The van der Waals surface area contributed by atoms with Crippen LogP contribution in [0.15, 0.2) is 107 Å². The molecule has 10 heteroatoms. The maximum Gasteiger partial charge on any atom is 0.337 e. The molecule has 0 aromatic heterocycles. The first kappa shape index (κ1) is 33.6. The molecule has 0 amide bonds. The lowest BCUT2D eigenvalue weighted by Gasteiger charge is -2.39. The number of ether oxygens (including phenoxy) is 2. The minimum atomic E-state index is -0.897. The molecule has 1 atom stereocenters. The molecule has 1 fully saturated rings. The molecule has 3 aromatic rings. The van der Waals surface area contributed by atoms with Crippen molar-refractivity contribution in [1.29, 1.82) is 0 Å². The summed E-state index contributed by atoms with van der Waals surface area (Å²) < 4.78 is 11.4. The van der Waals surface area contributed by atoms with Crippen molar-refractivity contribution in [2.45, 2.75) is 45.8 Å². The fourth-order valence-corrected chi connectivity index (χ4v) is 6.44. The van der Waals surface area contributed by atoms with Crippen molar-refractivity contribution in [3.63, 3.8) is 0 Å². The van der Waals surface area contributed by atoms with Crippen LogP contribution < -0.4 is 5.32 Å². The Labute approximate surface area is 275 Å². The van der Waals surface area contributed by atoms with Crippen molar-refractivity contribution >= 4 is 17.6 Å². The predicted octanol–water partition coefficient (Wildman–Crippen LogP) is 5.73. The van der Waals surface area contributed by atoms with Crippen molar-refractivity contribution in [2.75, 3.05) is 39.3 Å². The predicted molar refractivity (Wildman–Crippen MR) is 179 cm³/mol. The summed E-state index contributed by atoms with van der Waals surface area (Å²) >= 11 is 0. The van der Waals surface area contributed by atoms with E-state index in [2.05, 4.69) is 63.6 Å². The van der Waals surface area contributed by atoms with E-state index in [0.29, 0.717) is 23.5 Å². The van der Waals surface area contributed by atoms with Gasteiger partial charge in [0, 0.05) is 56.3 Å². The molecule has 246 valence electrons. The lowest BCUT2D eigenvalue weighted by Crippen LogP contribution is -2.48. The van der Waals surface area contributed by atoms with Gasteiger partial charge < -0.3 is 14.8 Å². The lowest BCUT2D eigenvalue weighted by atomic mass is 9.80. The van der Waals surface area contributed by atoms with Crippen LogP contribution in [0, 0.1) is 10.1 Å². The highest BCUT2D eigenvalue weighted by Gasteiger charge is 2.39. The number of nitro benzene ring substituents is 1. The molecule has 1 N–H and O–H groups in total. The van der Waals surface area contributed by atoms with Gasteiger partial charge >= 0.3 is 11.9 Å². The first-order valence-corrected chi connectivity index (χ1v) is 16.0. The minimum Gasteiger partial charge on any atom is -0.461 e. The highest BCUT2D eigenvalue weighted by atomic mass is 16.6. The number of esters is 2. The van der Waals surface area contributed by atoms with Crippen LogP contribution in [0.3, 0.4) is 0 Å². The molecule has 0 bridgehead atoms. The van der Waals surface area contributed by atoms with E-state index in [4.69, 9.17) is 9.47 Å². The Bertz CT molecular complexity index is 1610. The van der Waals surface area contributed by atoms with Crippen LogP contribution in [-0.2, 0) is 19.1 Å². The Morgan fingerprint density at radius 2 is 1.43 bits per heavy atom. The van der Waals surface area contributed by atoms with Crippen LogP contribution in [0.5, 0.6) is 0 Å². The molecule has 2 aliphatic rings. The second-order valence-corrected chi connectivity index (χ2v) is 12.2. The van der Waals surface area contributed by atoms with Gasteiger partial charge in [-0.3, -0.25) is 19.9 Å². The molecule has 0 saturated carbocycles. The second kappa shape index (κ2) is 15.2. The monoisotopic (exact) mass is 638 g/mol. The smallest absolute Gasteiger partial charge is 0.337 e. The van der Waals surface area contributed by atoms with E-state index in [-0.39, 0.29) is 29.5 Å². The zero-order valence-electron chi connectivity index (χ0n) is 27.3. The number of benzene rings is 3. The van der Waals surface area contributed by atoms with E-state index in [9.17, 15) is 19.7 Å². The molecule has 3 aromatic carbocycles. The molecule has 10 nitrogen and oxygen atoms in total. The van der Waals surface area contributed by atoms with E-state index >= 15 is 0 Å². The van der Waals surface area contributed by atoms with Crippen LogP contribution in [0.25, 0.3) is 0 Å². The van der Waals surface area contributed by atoms with Gasteiger partial charge in [-0.1, -0.05) is 72.8 Å². The topological polar surface area (TPSA) is 114 Å². The molecule has 0 radical (unpaired) electrons. The van der Waals surface area contributed by atoms with Crippen molar-refractivity contribution < 1.29 is 24.0 Å². The second-order valence-electron chi connectivity index (χ2n) is 12.2. The fourth-order valence-electron chi connectivity index (χ4n) is 6.44. The van der Waals surface area contributed by atoms with E-state index in [1.54, 1.807) is 39.8 Å². The molecule has 0 spiro atoms. The third-order valence-electron chi connectivity index (χ3n) is 8.60. The number of hydrogen-bond acceptors (Lipinski definition) is 9. The summed E-state index contributed by atoms with van der Waals surface area (Å²) in [6.07, 6.45) is -0.396. The molecule has 5 rings (SSSR count). The molecule has 2 aliphatic heterocycles. The molecular formula is C37H42N4O6. The molecule has 1 saturated heterocycles. The maximum atomic E-state index is 13.7. The summed E-state index contributed by atoms with van der Waals surface area (Å²) in [6, 6.07) is 27.2. The molecule has 47 heavy (non-hydrogen) atoms. The van der Waals surface area contributed by atoms with Gasteiger partial charge in [0.25, 0.3) is 5.69 Å². The summed E-state index contributed by atoms with van der Waals surface area (Å²) in [5.41, 5.74) is 4.29. The third-order valence-corrected chi connectivity index (χ3v) is 8.60. The number of non-ortho nitro benzene ring substituents is 1. The zero-order valence-corrected chi connectivity index (χ0v) is 27.3. The summed E-state index contributed by atoms with van der Waals surface area (Å²) in [7, 11) is 0. The molecular weight excluding hydrogens is 596 g/mol. The van der Waals surface area contributed by atoms with Gasteiger partial charge in [0.15, 0.2) is 0 Å². The van der Waals surface area contributed by atoms with E-state index in [0.717, 1.165) is 26.2 Å². The van der Waals surface area contributed by atoms with Gasteiger partial charge in [0.1, 0.15) is 6.61 Å². The first-order chi connectivity index (χ1) is 22.6.